The fourth-order valence-electron chi connectivity index (χ4n) is 2.79. The van der Waals surface area contributed by atoms with E-state index in [1.807, 2.05) is 0 Å². The van der Waals surface area contributed by atoms with Crippen LogP contribution in [0.2, 0.25) is 0 Å². The normalized spacial score (nSPS) is 32.4. The molecule has 90 valence electrons. The molecule has 2 unspecified atom stereocenters. The molecule has 2 atom stereocenters. The molecule has 0 nitrogen and oxygen atoms in total. The van der Waals surface area contributed by atoms with Crippen molar-refractivity contribution in [2.24, 2.45) is 11.8 Å². The Labute approximate surface area is 96.8 Å². The second-order valence-electron chi connectivity index (χ2n) is 5.84. The molecule has 0 bridgehead atoms. The van der Waals surface area contributed by atoms with Crippen molar-refractivity contribution >= 4 is 0 Å². The van der Waals surface area contributed by atoms with E-state index in [2.05, 4.69) is 13.8 Å². The van der Waals surface area contributed by atoms with Gasteiger partial charge in [-0.3, -0.25) is 0 Å². The van der Waals surface area contributed by atoms with Gasteiger partial charge in [-0.1, -0.05) is 84.5 Å². The highest BCUT2D eigenvalue weighted by atomic mass is 14.1. The summed E-state index contributed by atoms with van der Waals surface area (Å²) in [7, 11) is 0. The molecule has 1 aliphatic rings. The lowest BCUT2D eigenvalue weighted by Gasteiger charge is -2.10. The molecular formula is C15H30. The lowest BCUT2D eigenvalue weighted by Crippen LogP contribution is -1.95. The fraction of sp³-hybridized carbons (Fsp3) is 1.00. The summed E-state index contributed by atoms with van der Waals surface area (Å²) >= 11 is 0. The molecule has 0 amide bonds. The molecule has 0 saturated heterocycles. The topological polar surface area (TPSA) is 0 Å². The van der Waals surface area contributed by atoms with Gasteiger partial charge in [-0.2, -0.15) is 0 Å². The van der Waals surface area contributed by atoms with Crippen LogP contribution in [0, 0.1) is 11.8 Å². The van der Waals surface area contributed by atoms with Crippen molar-refractivity contribution in [2.75, 3.05) is 0 Å². The quantitative estimate of drug-likeness (QED) is 0.491. The Morgan fingerprint density at radius 2 is 0.733 bits per heavy atom. The van der Waals surface area contributed by atoms with Crippen LogP contribution in [0.4, 0.5) is 0 Å². The van der Waals surface area contributed by atoms with Crippen molar-refractivity contribution in [1.29, 1.82) is 0 Å². The summed E-state index contributed by atoms with van der Waals surface area (Å²) in [4.78, 5) is 0. The van der Waals surface area contributed by atoms with Gasteiger partial charge in [-0.15, -0.1) is 0 Å². The zero-order valence-electron chi connectivity index (χ0n) is 10.9. The first-order chi connectivity index (χ1) is 7.29. The van der Waals surface area contributed by atoms with E-state index in [4.69, 9.17) is 0 Å². The van der Waals surface area contributed by atoms with Gasteiger partial charge in [0, 0.05) is 0 Å². The minimum absolute atomic E-state index is 0.989. The van der Waals surface area contributed by atoms with E-state index in [9.17, 15) is 0 Å². The molecule has 0 N–H and O–H groups in total. The standard InChI is InChI=1S/C15H30/c1-14-10-6-3-4-7-11-15(2)13-9-5-8-12-14/h14-15H,3-13H2,1-2H3. The van der Waals surface area contributed by atoms with E-state index < -0.39 is 0 Å². The summed E-state index contributed by atoms with van der Waals surface area (Å²) < 4.78 is 0. The molecular weight excluding hydrogens is 180 g/mol. The molecule has 1 rings (SSSR count). The van der Waals surface area contributed by atoms with Crippen LogP contribution in [0.1, 0.15) is 84.5 Å². The van der Waals surface area contributed by atoms with E-state index >= 15 is 0 Å². The predicted molar refractivity (Wildman–Crippen MR) is 69.1 cm³/mol. The van der Waals surface area contributed by atoms with Crippen LogP contribution in [-0.4, -0.2) is 0 Å². The summed E-state index contributed by atoms with van der Waals surface area (Å²) in [5.41, 5.74) is 0. The number of rotatable bonds is 0. The van der Waals surface area contributed by atoms with E-state index in [1.54, 1.807) is 0 Å². The lowest BCUT2D eigenvalue weighted by atomic mass is 9.96. The van der Waals surface area contributed by atoms with Crippen molar-refractivity contribution in [2.45, 2.75) is 84.5 Å². The highest BCUT2D eigenvalue weighted by molar-refractivity contribution is 4.59. The third-order valence-electron chi connectivity index (χ3n) is 4.04. The van der Waals surface area contributed by atoms with Gasteiger partial charge in [0.1, 0.15) is 0 Å². The Balaban J connectivity index is 2.20. The molecule has 0 aromatic carbocycles. The Kier molecular flexibility index (Phi) is 7.13. The zero-order chi connectivity index (χ0) is 10.9. The summed E-state index contributed by atoms with van der Waals surface area (Å²) in [6.07, 6.45) is 16.3. The van der Waals surface area contributed by atoms with Crippen LogP contribution < -0.4 is 0 Å². The maximum atomic E-state index is 2.45. The average molecular weight is 210 g/mol. The molecule has 0 aromatic rings. The smallest absolute Gasteiger partial charge is 0.0443 e. The molecule has 15 heavy (non-hydrogen) atoms. The van der Waals surface area contributed by atoms with Crippen LogP contribution in [0.15, 0.2) is 0 Å². The van der Waals surface area contributed by atoms with Crippen LogP contribution in [-0.2, 0) is 0 Å². The summed E-state index contributed by atoms with van der Waals surface area (Å²) in [5.74, 6) is 1.98. The summed E-state index contributed by atoms with van der Waals surface area (Å²) in [6.45, 7) is 4.89. The molecule has 0 aromatic heterocycles. The molecule has 1 fully saturated rings. The Morgan fingerprint density at radius 1 is 0.467 bits per heavy atom. The van der Waals surface area contributed by atoms with Gasteiger partial charge in [-0.25, -0.2) is 0 Å². The second kappa shape index (κ2) is 8.19. The van der Waals surface area contributed by atoms with E-state index in [0.29, 0.717) is 0 Å². The van der Waals surface area contributed by atoms with Crippen LogP contribution in [0.3, 0.4) is 0 Å². The first-order valence-electron chi connectivity index (χ1n) is 7.29. The van der Waals surface area contributed by atoms with E-state index in [-0.39, 0.29) is 0 Å². The second-order valence-corrected chi connectivity index (χ2v) is 5.84. The fourth-order valence-corrected chi connectivity index (χ4v) is 2.79. The monoisotopic (exact) mass is 210 g/mol. The molecule has 1 saturated carbocycles. The summed E-state index contributed by atoms with van der Waals surface area (Å²) in [5, 5.41) is 0. The predicted octanol–water partition coefficient (Wildman–Crippen LogP) is 5.56. The summed E-state index contributed by atoms with van der Waals surface area (Å²) in [6, 6.07) is 0. The van der Waals surface area contributed by atoms with Crippen LogP contribution in [0.25, 0.3) is 0 Å². The van der Waals surface area contributed by atoms with Gasteiger partial charge in [0.2, 0.25) is 0 Å². The van der Waals surface area contributed by atoms with Crippen LogP contribution >= 0.6 is 0 Å². The first-order valence-corrected chi connectivity index (χ1v) is 7.29. The number of hydrogen-bond acceptors (Lipinski definition) is 0. The van der Waals surface area contributed by atoms with Gasteiger partial charge in [0.15, 0.2) is 0 Å². The van der Waals surface area contributed by atoms with Gasteiger partial charge >= 0.3 is 0 Å². The Hall–Kier alpha value is 0. The van der Waals surface area contributed by atoms with E-state index in [0.717, 1.165) is 11.8 Å². The zero-order valence-corrected chi connectivity index (χ0v) is 10.9. The van der Waals surface area contributed by atoms with Crippen molar-refractivity contribution in [1.82, 2.24) is 0 Å². The molecule has 0 heterocycles. The highest BCUT2D eigenvalue weighted by Gasteiger charge is 2.06. The van der Waals surface area contributed by atoms with Crippen molar-refractivity contribution < 1.29 is 0 Å². The Morgan fingerprint density at radius 3 is 1.07 bits per heavy atom. The van der Waals surface area contributed by atoms with E-state index in [1.165, 1.54) is 70.6 Å². The maximum Gasteiger partial charge on any atom is -0.0443 e. The maximum absolute atomic E-state index is 2.45. The third-order valence-corrected chi connectivity index (χ3v) is 4.04. The Bertz CT molecular complexity index is 123. The van der Waals surface area contributed by atoms with Gasteiger partial charge in [-0.05, 0) is 11.8 Å². The minimum atomic E-state index is 0.989. The minimum Gasteiger partial charge on any atom is -0.0625 e. The van der Waals surface area contributed by atoms with Crippen molar-refractivity contribution in [3.05, 3.63) is 0 Å². The van der Waals surface area contributed by atoms with Crippen molar-refractivity contribution in [3.63, 3.8) is 0 Å². The molecule has 1 aliphatic carbocycles. The highest BCUT2D eigenvalue weighted by Crippen LogP contribution is 2.22. The molecule has 0 spiro atoms. The first kappa shape index (κ1) is 13.1. The molecule has 0 radical (unpaired) electrons. The molecule has 0 heteroatoms. The van der Waals surface area contributed by atoms with Crippen LogP contribution in [0.5, 0.6) is 0 Å². The largest absolute Gasteiger partial charge is 0.0625 e. The number of hydrogen-bond donors (Lipinski definition) is 0. The van der Waals surface area contributed by atoms with Gasteiger partial charge in [0.25, 0.3) is 0 Å². The SMILES string of the molecule is CC1CCCCCCC(C)CCCCC1. The average Bonchev–Trinajstić information content (AvgIpc) is 2.23. The third kappa shape index (κ3) is 6.98. The lowest BCUT2D eigenvalue weighted by molar-refractivity contribution is 0.431. The van der Waals surface area contributed by atoms with Crippen molar-refractivity contribution in [3.8, 4) is 0 Å². The molecule has 0 aliphatic heterocycles. The van der Waals surface area contributed by atoms with Gasteiger partial charge < -0.3 is 0 Å². The van der Waals surface area contributed by atoms with Gasteiger partial charge in [0.05, 0.1) is 0 Å².